The van der Waals surface area contributed by atoms with Gasteiger partial charge < -0.3 is 9.84 Å². The van der Waals surface area contributed by atoms with Gasteiger partial charge >= 0.3 is 5.97 Å². The van der Waals surface area contributed by atoms with Crippen molar-refractivity contribution in [2.24, 2.45) is 0 Å². The van der Waals surface area contributed by atoms with Crippen molar-refractivity contribution in [1.82, 2.24) is 4.90 Å². The van der Waals surface area contributed by atoms with Gasteiger partial charge in [0.15, 0.2) is 0 Å². The summed E-state index contributed by atoms with van der Waals surface area (Å²) in [6.45, 7) is 1.76. The Bertz CT molecular complexity index is 453. The molecule has 0 radical (unpaired) electrons. The minimum Gasteiger partial charge on any atom is -0.480 e. The maximum atomic E-state index is 11.1. The molecule has 0 bridgehead atoms. The lowest BCUT2D eigenvalue weighted by molar-refractivity contribution is -0.150. The van der Waals surface area contributed by atoms with Crippen LogP contribution in [-0.2, 0) is 16.1 Å². The number of hydrogen-bond donors (Lipinski definition) is 1. The lowest BCUT2D eigenvalue weighted by Crippen LogP contribution is -2.49. The molecule has 0 aliphatic carbocycles. The highest BCUT2D eigenvalue weighted by Crippen LogP contribution is 2.23. The molecule has 1 saturated heterocycles. The van der Waals surface area contributed by atoms with Crippen molar-refractivity contribution in [2.45, 2.75) is 12.6 Å². The number of carboxylic acid groups (broad SMARTS) is 1. The number of morpholine rings is 1. The van der Waals surface area contributed by atoms with Crippen LogP contribution in [-0.4, -0.2) is 41.8 Å². The summed E-state index contributed by atoms with van der Waals surface area (Å²) in [4.78, 5) is 13.0. The zero-order valence-electron chi connectivity index (χ0n) is 9.60. The van der Waals surface area contributed by atoms with E-state index in [2.05, 4.69) is 0 Å². The SMILES string of the molecule is O=C(O)C1COCCN1Cc1cc(Cl)ccc1Cl. The van der Waals surface area contributed by atoms with Crippen LogP contribution in [0.4, 0.5) is 0 Å². The van der Waals surface area contributed by atoms with E-state index < -0.39 is 12.0 Å². The molecule has 1 N–H and O–H groups in total. The van der Waals surface area contributed by atoms with Gasteiger partial charge in [-0.05, 0) is 23.8 Å². The van der Waals surface area contributed by atoms with Gasteiger partial charge in [0.1, 0.15) is 6.04 Å². The summed E-state index contributed by atoms with van der Waals surface area (Å²) in [7, 11) is 0. The molecule has 0 saturated carbocycles. The zero-order chi connectivity index (χ0) is 13.1. The maximum absolute atomic E-state index is 11.1. The Kier molecular flexibility index (Phi) is 4.45. The van der Waals surface area contributed by atoms with Crippen LogP contribution in [0.3, 0.4) is 0 Å². The molecule has 1 unspecified atom stereocenters. The molecule has 2 rings (SSSR count). The number of hydrogen-bond acceptors (Lipinski definition) is 3. The van der Waals surface area contributed by atoms with Crippen molar-refractivity contribution >= 4 is 29.2 Å². The average molecular weight is 290 g/mol. The Morgan fingerprint density at radius 3 is 3.00 bits per heavy atom. The van der Waals surface area contributed by atoms with Crippen molar-refractivity contribution in [3.63, 3.8) is 0 Å². The first-order chi connectivity index (χ1) is 8.58. The Morgan fingerprint density at radius 2 is 2.28 bits per heavy atom. The lowest BCUT2D eigenvalue weighted by atomic mass is 10.1. The first-order valence-corrected chi connectivity index (χ1v) is 6.32. The van der Waals surface area contributed by atoms with Crippen LogP contribution < -0.4 is 0 Å². The van der Waals surface area contributed by atoms with Crippen LogP contribution in [0.1, 0.15) is 5.56 Å². The summed E-state index contributed by atoms with van der Waals surface area (Å²) >= 11 is 12.0. The van der Waals surface area contributed by atoms with E-state index in [4.69, 9.17) is 33.0 Å². The molecule has 1 aliphatic heterocycles. The third-order valence-electron chi connectivity index (χ3n) is 2.91. The van der Waals surface area contributed by atoms with E-state index in [1.807, 2.05) is 4.90 Å². The first kappa shape index (κ1) is 13.6. The fraction of sp³-hybridized carbons (Fsp3) is 0.417. The summed E-state index contributed by atoms with van der Waals surface area (Å²) in [6, 6.07) is 4.56. The van der Waals surface area contributed by atoms with Crippen LogP contribution in [0.2, 0.25) is 10.0 Å². The van der Waals surface area contributed by atoms with Gasteiger partial charge in [0.25, 0.3) is 0 Å². The molecule has 1 fully saturated rings. The molecule has 1 heterocycles. The number of halogens is 2. The largest absolute Gasteiger partial charge is 0.480 e. The van der Waals surface area contributed by atoms with Crippen molar-refractivity contribution < 1.29 is 14.6 Å². The number of ether oxygens (including phenoxy) is 1. The van der Waals surface area contributed by atoms with Gasteiger partial charge in [0.2, 0.25) is 0 Å². The smallest absolute Gasteiger partial charge is 0.323 e. The van der Waals surface area contributed by atoms with E-state index in [9.17, 15) is 4.79 Å². The monoisotopic (exact) mass is 289 g/mol. The average Bonchev–Trinajstić information content (AvgIpc) is 2.34. The van der Waals surface area contributed by atoms with Gasteiger partial charge in [0, 0.05) is 23.1 Å². The molecule has 0 aromatic heterocycles. The Hall–Kier alpha value is -0.810. The summed E-state index contributed by atoms with van der Waals surface area (Å²) in [5.74, 6) is -0.882. The zero-order valence-corrected chi connectivity index (χ0v) is 11.1. The quantitative estimate of drug-likeness (QED) is 0.928. The van der Waals surface area contributed by atoms with Crippen LogP contribution in [0.15, 0.2) is 18.2 Å². The second-order valence-electron chi connectivity index (χ2n) is 4.14. The summed E-state index contributed by atoms with van der Waals surface area (Å²) in [5, 5.41) is 10.3. The molecule has 1 aliphatic rings. The standard InChI is InChI=1S/C12H13Cl2NO3/c13-9-1-2-10(14)8(5-9)6-15-3-4-18-7-11(15)12(16)17/h1-2,5,11H,3-4,6-7H2,(H,16,17). The lowest BCUT2D eigenvalue weighted by Gasteiger charge is -2.32. The van der Waals surface area contributed by atoms with Crippen molar-refractivity contribution in [3.8, 4) is 0 Å². The molecule has 1 aromatic rings. The summed E-state index contributed by atoms with van der Waals surface area (Å²) in [5.41, 5.74) is 0.831. The van der Waals surface area contributed by atoms with Crippen molar-refractivity contribution in [3.05, 3.63) is 33.8 Å². The number of carbonyl (C=O) groups is 1. The molecule has 18 heavy (non-hydrogen) atoms. The molecule has 0 amide bonds. The van der Waals surface area contributed by atoms with Crippen molar-refractivity contribution in [1.29, 1.82) is 0 Å². The van der Waals surface area contributed by atoms with Crippen LogP contribution in [0, 0.1) is 0 Å². The Morgan fingerprint density at radius 1 is 1.50 bits per heavy atom. The normalized spacial score (nSPS) is 20.9. The number of benzene rings is 1. The molecule has 1 aromatic carbocycles. The summed E-state index contributed by atoms with van der Waals surface area (Å²) in [6.07, 6.45) is 0. The number of aliphatic carboxylic acids is 1. The minimum absolute atomic E-state index is 0.202. The fourth-order valence-electron chi connectivity index (χ4n) is 1.94. The van der Waals surface area contributed by atoms with Gasteiger partial charge in [-0.15, -0.1) is 0 Å². The predicted molar refractivity (Wildman–Crippen MR) is 69.1 cm³/mol. The maximum Gasteiger partial charge on any atom is 0.323 e. The highest BCUT2D eigenvalue weighted by atomic mass is 35.5. The number of carboxylic acids is 1. The third-order valence-corrected chi connectivity index (χ3v) is 3.51. The molecule has 6 heteroatoms. The molecule has 98 valence electrons. The van der Waals surface area contributed by atoms with E-state index in [1.165, 1.54) is 0 Å². The predicted octanol–water partition coefficient (Wildman–Crippen LogP) is 2.28. The molecule has 4 nitrogen and oxygen atoms in total. The second kappa shape index (κ2) is 5.89. The van der Waals surface area contributed by atoms with Crippen LogP contribution in [0.25, 0.3) is 0 Å². The van der Waals surface area contributed by atoms with Gasteiger partial charge in [-0.3, -0.25) is 9.69 Å². The highest BCUT2D eigenvalue weighted by molar-refractivity contribution is 6.33. The van der Waals surface area contributed by atoms with Crippen LogP contribution >= 0.6 is 23.2 Å². The molecule has 1 atom stereocenters. The van der Waals surface area contributed by atoms with E-state index in [-0.39, 0.29) is 6.61 Å². The van der Waals surface area contributed by atoms with E-state index in [0.717, 1.165) is 5.56 Å². The third kappa shape index (κ3) is 3.14. The second-order valence-corrected chi connectivity index (χ2v) is 4.98. The summed E-state index contributed by atoms with van der Waals surface area (Å²) < 4.78 is 5.18. The van der Waals surface area contributed by atoms with Gasteiger partial charge in [-0.25, -0.2) is 0 Å². The molecular formula is C12H13Cl2NO3. The Balaban J connectivity index is 2.15. The van der Waals surface area contributed by atoms with Gasteiger partial charge in [-0.1, -0.05) is 23.2 Å². The van der Waals surface area contributed by atoms with Crippen molar-refractivity contribution in [2.75, 3.05) is 19.8 Å². The minimum atomic E-state index is -0.882. The number of rotatable bonds is 3. The van der Waals surface area contributed by atoms with E-state index in [0.29, 0.717) is 29.7 Å². The fourth-order valence-corrected chi connectivity index (χ4v) is 2.31. The topological polar surface area (TPSA) is 49.8 Å². The molecule has 0 spiro atoms. The van der Waals surface area contributed by atoms with Gasteiger partial charge in [-0.2, -0.15) is 0 Å². The Labute approximate surface area is 115 Å². The van der Waals surface area contributed by atoms with Gasteiger partial charge in [0.05, 0.1) is 13.2 Å². The highest BCUT2D eigenvalue weighted by Gasteiger charge is 2.29. The van der Waals surface area contributed by atoms with E-state index >= 15 is 0 Å². The van der Waals surface area contributed by atoms with Crippen LogP contribution in [0.5, 0.6) is 0 Å². The van der Waals surface area contributed by atoms with E-state index in [1.54, 1.807) is 18.2 Å². The first-order valence-electron chi connectivity index (χ1n) is 5.56. The number of nitrogens with zero attached hydrogens (tertiary/aromatic N) is 1. The molecular weight excluding hydrogens is 277 g/mol.